The van der Waals surface area contributed by atoms with E-state index in [-0.39, 0.29) is 18.3 Å². The van der Waals surface area contributed by atoms with E-state index in [1.165, 1.54) is 0 Å². The fourth-order valence-electron chi connectivity index (χ4n) is 2.23. The van der Waals surface area contributed by atoms with Crippen LogP contribution in [0, 0.1) is 12.8 Å². The van der Waals surface area contributed by atoms with E-state index in [0.29, 0.717) is 23.0 Å². The first-order chi connectivity index (χ1) is 8.77. The van der Waals surface area contributed by atoms with Crippen LogP contribution >= 0.6 is 24.0 Å². The third-order valence-electron chi connectivity index (χ3n) is 3.09. The molecule has 114 valence electrons. The molecular weight excluding hydrogens is 295 g/mol. The van der Waals surface area contributed by atoms with E-state index in [1.807, 2.05) is 19.9 Å². The van der Waals surface area contributed by atoms with Gasteiger partial charge < -0.3 is 11.1 Å². The van der Waals surface area contributed by atoms with Crippen LogP contribution in [0.3, 0.4) is 0 Å². The fourth-order valence-corrected chi connectivity index (χ4v) is 2.55. The summed E-state index contributed by atoms with van der Waals surface area (Å²) in [5.41, 5.74) is 6.92. The molecule has 0 saturated heterocycles. The zero-order valence-electron chi connectivity index (χ0n) is 12.5. The number of hydrogen-bond acceptors (Lipinski definition) is 2. The number of amides is 1. The van der Waals surface area contributed by atoms with E-state index >= 15 is 0 Å². The molecule has 1 aromatic carbocycles. The summed E-state index contributed by atoms with van der Waals surface area (Å²) in [7, 11) is 0. The van der Waals surface area contributed by atoms with Crippen molar-refractivity contribution in [1.29, 1.82) is 0 Å². The molecule has 3 nitrogen and oxygen atoms in total. The molecular formula is C15H24Cl2N2O. The molecule has 0 radical (unpaired) electrons. The van der Waals surface area contributed by atoms with Crippen molar-refractivity contribution in [2.75, 3.05) is 6.54 Å². The van der Waals surface area contributed by atoms with Gasteiger partial charge in [0.15, 0.2) is 0 Å². The summed E-state index contributed by atoms with van der Waals surface area (Å²) >= 11 is 6.11. The van der Waals surface area contributed by atoms with Crippen LogP contribution in [-0.2, 0) is 0 Å². The number of nitrogens with one attached hydrogen (secondary N) is 1. The van der Waals surface area contributed by atoms with E-state index in [2.05, 4.69) is 19.2 Å². The second kappa shape index (κ2) is 7.87. The molecule has 0 saturated carbocycles. The Bertz CT molecular complexity index is 463. The van der Waals surface area contributed by atoms with E-state index in [4.69, 9.17) is 17.3 Å². The molecule has 3 N–H and O–H groups in total. The van der Waals surface area contributed by atoms with Gasteiger partial charge in [0.25, 0.3) is 5.91 Å². The molecule has 0 aliphatic heterocycles. The second-order valence-electron chi connectivity index (χ2n) is 5.80. The SMILES string of the molecule is Cc1ccc(C(=O)NC(C)(CN)CC(C)C)c(Cl)c1.Cl. The number of rotatable bonds is 5. The molecule has 0 aromatic heterocycles. The van der Waals surface area contributed by atoms with Crippen LogP contribution in [0.25, 0.3) is 0 Å². The lowest BCUT2D eigenvalue weighted by molar-refractivity contribution is 0.0898. The van der Waals surface area contributed by atoms with Gasteiger partial charge in [-0.25, -0.2) is 0 Å². The molecule has 1 atom stereocenters. The van der Waals surface area contributed by atoms with Crippen LogP contribution in [0.1, 0.15) is 43.1 Å². The Labute approximate surface area is 132 Å². The van der Waals surface area contributed by atoms with E-state index in [0.717, 1.165) is 12.0 Å². The highest BCUT2D eigenvalue weighted by atomic mass is 35.5. The average molecular weight is 319 g/mol. The minimum Gasteiger partial charge on any atom is -0.346 e. The zero-order chi connectivity index (χ0) is 14.6. The normalized spacial score (nSPS) is 13.6. The highest BCUT2D eigenvalue weighted by Gasteiger charge is 2.27. The lowest BCUT2D eigenvalue weighted by Gasteiger charge is -2.31. The predicted molar refractivity (Wildman–Crippen MR) is 87.8 cm³/mol. The minimum atomic E-state index is -0.403. The van der Waals surface area contributed by atoms with Crippen LogP contribution < -0.4 is 11.1 Å². The Morgan fingerprint density at radius 2 is 2.05 bits per heavy atom. The van der Waals surface area contributed by atoms with E-state index in [9.17, 15) is 4.79 Å². The van der Waals surface area contributed by atoms with Crippen LogP contribution in [0.5, 0.6) is 0 Å². The van der Waals surface area contributed by atoms with Gasteiger partial charge in [-0.15, -0.1) is 12.4 Å². The smallest absolute Gasteiger partial charge is 0.253 e. The molecule has 1 aromatic rings. The van der Waals surface area contributed by atoms with Crippen molar-refractivity contribution < 1.29 is 4.79 Å². The molecule has 0 heterocycles. The summed E-state index contributed by atoms with van der Waals surface area (Å²) in [4.78, 5) is 12.3. The number of hydrogen-bond donors (Lipinski definition) is 2. The molecule has 0 fully saturated rings. The molecule has 0 aliphatic rings. The Morgan fingerprint density at radius 3 is 2.50 bits per heavy atom. The number of nitrogens with two attached hydrogens (primary N) is 1. The molecule has 20 heavy (non-hydrogen) atoms. The number of aryl methyl sites for hydroxylation is 1. The van der Waals surface area contributed by atoms with E-state index in [1.54, 1.807) is 12.1 Å². The Balaban J connectivity index is 0.00000361. The first-order valence-electron chi connectivity index (χ1n) is 6.56. The number of carbonyl (C=O) groups is 1. The van der Waals surface area contributed by atoms with Crippen molar-refractivity contribution in [3.8, 4) is 0 Å². The summed E-state index contributed by atoms with van der Waals surface area (Å²) in [5.74, 6) is 0.293. The molecule has 1 rings (SSSR count). The van der Waals surface area contributed by atoms with Crippen LogP contribution in [-0.4, -0.2) is 18.0 Å². The van der Waals surface area contributed by atoms with Gasteiger partial charge in [0.1, 0.15) is 0 Å². The Kier molecular flexibility index (Phi) is 7.56. The molecule has 1 unspecified atom stereocenters. The molecule has 5 heteroatoms. The number of halogens is 2. The quantitative estimate of drug-likeness (QED) is 0.872. The van der Waals surface area contributed by atoms with Gasteiger partial charge in [-0.1, -0.05) is 31.5 Å². The highest BCUT2D eigenvalue weighted by molar-refractivity contribution is 6.33. The molecule has 0 bridgehead atoms. The molecule has 0 spiro atoms. The summed E-state index contributed by atoms with van der Waals surface area (Å²) in [6, 6.07) is 5.42. The highest BCUT2D eigenvalue weighted by Crippen LogP contribution is 2.20. The van der Waals surface area contributed by atoms with Gasteiger partial charge in [-0.2, -0.15) is 0 Å². The Morgan fingerprint density at radius 1 is 1.45 bits per heavy atom. The van der Waals surface area contributed by atoms with Crippen LogP contribution in [0.2, 0.25) is 5.02 Å². The van der Waals surface area contributed by atoms with Crippen LogP contribution in [0.15, 0.2) is 18.2 Å². The minimum absolute atomic E-state index is 0. The average Bonchev–Trinajstić information content (AvgIpc) is 2.27. The lowest BCUT2D eigenvalue weighted by Crippen LogP contribution is -2.52. The zero-order valence-corrected chi connectivity index (χ0v) is 14.1. The maximum Gasteiger partial charge on any atom is 0.253 e. The van der Waals surface area contributed by atoms with E-state index < -0.39 is 5.54 Å². The van der Waals surface area contributed by atoms with Crippen molar-refractivity contribution in [3.05, 3.63) is 34.3 Å². The predicted octanol–water partition coefficient (Wildman–Crippen LogP) is 3.56. The van der Waals surface area contributed by atoms with Gasteiger partial charge in [0.2, 0.25) is 0 Å². The summed E-state index contributed by atoms with van der Waals surface area (Å²) in [5, 5.41) is 3.48. The van der Waals surface area contributed by atoms with Crippen LogP contribution in [0.4, 0.5) is 0 Å². The van der Waals surface area contributed by atoms with Gasteiger partial charge >= 0.3 is 0 Å². The van der Waals surface area contributed by atoms with Gasteiger partial charge in [0, 0.05) is 12.1 Å². The molecule has 0 aliphatic carbocycles. The van der Waals surface area contributed by atoms with Crippen molar-refractivity contribution in [1.82, 2.24) is 5.32 Å². The van der Waals surface area contributed by atoms with Crippen molar-refractivity contribution in [3.63, 3.8) is 0 Å². The third kappa shape index (κ3) is 5.31. The maximum absolute atomic E-state index is 12.3. The third-order valence-corrected chi connectivity index (χ3v) is 3.41. The first-order valence-corrected chi connectivity index (χ1v) is 6.94. The van der Waals surface area contributed by atoms with Gasteiger partial charge in [-0.05, 0) is 43.9 Å². The van der Waals surface area contributed by atoms with Gasteiger partial charge in [0.05, 0.1) is 10.6 Å². The fraction of sp³-hybridized carbons (Fsp3) is 0.533. The standard InChI is InChI=1S/C15H23ClN2O.ClH/c1-10(2)8-15(4,9-17)18-14(19)12-6-5-11(3)7-13(12)16;/h5-7,10H,8-9,17H2,1-4H3,(H,18,19);1H. The summed E-state index contributed by atoms with van der Waals surface area (Å²) in [6.07, 6.45) is 0.832. The van der Waals surface area contributed by atoms with Crippen molar-refractivity contribution in [2.24, 2.45) is 11.7 Å². The van der Waals surface area contributed by atoms with Crippen molar-refractivity contribution >= 4 is 29.9 Å². The second-order valence-corrected chi connectivity index (χ2v) is 6.21. The number of carbonyl (C=O) groups excluding carboxylic acids is 1. The van der Waals surface area contributed by atoms with Crippen molar-refractivity contribution in [2.45, 2.75) is 39.7 Å². The summed E-state index contributed by atoms with van der Waals surface area (Å²) in [6.45, 7) is 8.53. The number of benzene rings is 1. The summed E-state index contributed by atoms with van der Waals surface area (Å²) < 4.78 is 0. The molecule has 1 amide bonds. The Hall–Kier alpha value is -0.770. The lowest BCUT2D eigenvalue weighted by atomic mass is 9.90. The topological polar surface area (TPSA) is 55.1 Å². The first kappa shape index (κ1) is 19.2. The maximum atomic E-state index is 12.3. The monoisotopic (exact) mass is 318 g/mol. The van der Waals surface area contributed by atoms with Gasteiger partial charge in [-0.3, -0.25) is 4.79 Å². The largest absolute Gasteiger partial charge is 0.346 e.